The maximum Gasteiger partial charge on any atom is 0.272 e. The minimum absolute atomic E-state index is 0.0108. The summed E-state index contributed by atoms with van der Waals surface area (Å²) < 4.78 is 3.16. The highest BCUT2D eigenvalue weighted by molar-refractivity contribution is 8.00. The largest absolute Gasteiger partial charge is 0.506 e. The number of hydrogen-bond donors (Lipinski definition) is 2. The van der Waals surface area contributed by atoms with Gasteiger partial charge in [0.05, 0.1) is 16.1 Å². The number of phenols is 1. The van der Waals surface area contributed by atoms with Crippen molar-refractivity contribution >= 4 is 40.4 Å². The predicted octanol–water partition coefficient (Wildman–Crippen LogP) is 4.44. The second kappa shape index (κ2) is 10.7. The molecule has 0 radical (unpaired) electrons. The first-order chi connectivity index (χ1) is 17.6. The monoisotopic (exact) mass is 499 g/mol. The predicted molar refractivity (Wildman–Crippen MR) is 140 cm³/mol. The highest BCUT2D eigenvalue weighted by atomic mass is 32.2. The maximum atomic E-state index is 13.2. The van der Waals surface area contributed by atoms with Crippen LogP contribution in [0.25, 0.3) is 10.9 Å². The van der Waals surface area contributed by atoms with E-state index in [-0.39, 0.29) is 17.6 Å². The number of hydrogen-bond acceptors (Lipinski definition) is 7. The van der Waals surface area contributed by atoms with Crippen LogP contribution in [0.4, 0.5) is 5.69 Å². The van der Waals surface area contributed by atoms with Crippen molar-refractivity contribution in [2.24, 2.45) is 0 Å². The lowest BCUT2D eigenvalue weighted by Gasteiger charge is -2.22. The second-order valence-electron chi connectivity index (χ2n) is 8.42. The summed E-state index contributed by atoms with van der Waals surface area (Å²) >= 11 is 1.35. The van der Waals surface area contributed by atoms with Crippen molar-refractivity contribution in [3.05, 3.63) is 90.4 Å². The van der Waals surface area contributed by atoms with Gasteiger partial charge in [-0.05, 0) is 60.8 Å². The van der Waals surface area contributed by atoms with Crippen molar-refractivity contribution in [3.8, 4) is 5.75 Å². The first kappa shape index (κ1) is 23.6. The molecule has 0 saturated carbocycles. The molecule has 9 heteroatoms. The van der Waals surface area contributed by atoms with Crippen LogP contribution in [0.15, 0.2) is 84.0 Å². The Morgan fingerprint density at radius 1 is 0.833 bits per heavy atom. The van der Waals surface area contributed by atoms with Crippen molar-refractivity contribution in [2.45, 2.75) is 11.3 Å². The van der Waals surface area contributed by atoms with Gasteiger partial charge in [0.1, 0.15) is 11.4 Å². The smallest absolute Gasteiger partial charge is 0.272 e. The van der Waals surface area contributed by atoms with Gasteiger partial charge in [0.2, 0.25) is 0 Å². The number of pyridine rings is 2. The van der Waals surface area contributed by atoms with Crippen LogP contribution in [-0.2, 0) is 0 Å². The molecule has 0 spiro atoms. The van der Waals surface area contributed by atoms with Gasteiger partial charge < -0.3 is 19.6 Å². The number of nitrogens with zero attached hydrogens (tertiary/aromatic N) is 4. The summed E-state index contributed by atoms with van der Waals surface area (Å²) in [6.45, 7) is 1.95. The third-order valence-corrected chi connectivity index (χ3v) is 6.94. The molecule has 5 rings (SSSR count). The molecule has 2 aromatic heterocycles. The van der Waals surface area contributed by atoms with Crippen LogP contribution >= 0.6 is 11.9 Å². The van der Waals surface area contributed by atoms with Crippen molar-refractivity contribution in [1.29, 1.82) is 0 Å². The molecule has 1 aliphatic heterocycles. The molecule has 8 nitrogen and oxygen atoms in total. The number of fused-ring (bicyclic) bond motifs is 1. The topological polar surface area (TPSA) is 98.7 Å². The molecule has 2 aromatic carbocycles. The van der Waals surface area contributed by atoms with E-state index >= 15 is 0 Å². The molecule has 2 N–H and O–H groups in total. The van der Waals surface area contributed by atoms with E-state index in [1.54, 1.807) is 52.5 Å². The van der Waals surface area contributed by atoms with Gasteiger partial charge in [0, 0.05) is 49.5 Å². The molecular weight excluding hydrogens is 474 g/mol. The van der Waals surface area contributed by atoms with Gasteiger partial charge in [0.25, 0.3) is 11.8 Å². The number of amides is 2. The number of para-hydroxylation sites is 1. The third kappa shape index (κ3) is 5.11. The zero-order valence-electron chi connectivity index (χ0n) is 19.5. The number of aromatic nitrogens is 2. The molecule has 0 aliphatic carbocycles. The fraction of sp³-hybridized carbons (Fsp3) is 0.185. The van der Waals surface area contributed by atoms with Gasteiger partial charge in [-0.3, -0.25) is 19.6 Å². The van der Waals surface area contributed by atoms with Gasteiger partial charge in [0.15, 0.2) is 0 Å². The summed E-state index contributed by atoms with van der Waals surface area (Å²) in [5.74, 6) is -0.310. The molecule has 0 unspecified atom stereocenters. The number of rotatable bonds is 5. The molecule has 36 heavy (non-hydrogen) atoms. The lowest BCUT2D eigenvalue weighted by Crippen LogP contribution is -2.37. The van der Waals surface area contributed by atoms with Crippen LogP contribution in [0.2, 0.25) is 0 Å². The van der Waals surface area contributed by atoms with Crippen molar-refractivity contribution in [3.63, 3.8) is 0 Å². The summed E-state index contributed by atoms with van der Waals surface area (Å²) in [4.78, 5) is 38.9. The van der Waals surface area contributed by atoms with Crippen LogP contribution < -0.4 is 4.72 Å². The lowest BCUT2D eigenvalue weighted by molar-refractivity contribution is 0.0715. The van der Waals surface area contributed by atoms with Crippen LogP contribution in [0.3, 0.4) is 0 Å². The Morgan fingerprint density at radius 2 is 1.61 bits per heavy atom. The molecule has 0 atom stereocenters. The van der Waals surface area contributed by atoms with Crippen LogP contribution in [-0.4, -0.2) is 62.9 Å². The molecule has 182 valence electrons. The second-order valence-corrected chi connectivity index (χ2v) is 9.27. The van der Waals surface area contributed by atoms with Crippen LogP contribution in [0, 0.1) is 0 Å². The van der Waals surface area contributed by atoms with Crippen molar-refractivity contribution in [2.75, 3.05) is 30.9 Å². The number of aromatic hydroxyl groups is 1. The Labute approximate surface area is 213 Å². The summed E-state index contributed by atoms with van der Waals surface area (Å²) in [7, 11) is 0. The zero-order chi connectivity index (χ0) is 24.9. The summed E-state index contributed by atoms with van der Waals surface area (Å²) in [5.41, 5.74) is 2.19. The number of carbonyl (C=O) groups excluding carboxylic acids is 2. The van der Waals surface area contributed by atoms with Gasteiger partial charge >= 0.3 is 0 Å². The Morgan fingerprint density at radius 3 is 2.39 bits per heavy atom. The number of carbonyl (C=O) groups is 2. The number of phenolic OH excluding ortho intramolecular Hbond substituents is 1. The van der Waals surface area contributed by atoms with Gasteiger partial charge in [-0.2, -0.15) is 0 Å². The van der Waals surface area contributed by atoms with E-state index in [4.69, 9.17) is 0 Å². The fourth-order valence-electron chi connectivity index (χ4n) is 4.18. The molecule has 0 bridgehead atoms. The highest BCUT2D eigenvalue weighted by Crippen LogP contribution is 2.32. The minimum Gasteiger partial charge on any atom is -0.506 e. The Bertz CT molecular complexity index is 1390. The molecule has 1 saturated heterocycles. The first-order valence-electron chi connectivity index (χ1n) is 11.7. The van der Waals surface area contributed by atoms with E-state index < -0.39 is 0 Å². The van der Waals surface area contributed by atoms with E-state index in [2.05, 4.69) is 14.7 Å². The molecule has 4 aromatic rings. The van der Waals surface area contributed by atoms with Gasteiger partial charge in [-0.1, -0.05) is 24.3 Å². The summed E-state index contributed by atoms with van der Waals surface area (Å²) in [6, 6.07) is 20.0. The molecule has 1 aliphatic rings. The standard InChI is InChI=1S/C27H25N5O3S/c33-23-18-20(10-11-21(23)30-36-24-9-3-6-19-7-4-13-29-25(19)24)26(34)31-14-5-15-32(17-16-31)27(35)22-8-1-2-12-28-22/h1-4,6-13,18,30,33H,5,14-17H2. The fourth-order valence-corrected chi connectivity index (χ4v) is 4.98. The van der Waals surface area contributed by atoms with Gasteiger partial charge in [-0.15, -0.1) is 0 Å². The average Bonchev–Trinajstić information content (AvgIpc) is 3.18. The number of anilines is 1. The summed E-state index contributed by atoms with van der Waals surface area (Å²) in [5, 5.41) is 11.6. The van der Waals surface area contributed by atoms with Gasteiger partial charge in [-0.25, -0.2) is 0 Å². The van der Waals surface area contributed by atoms with E-state index in [1.165, 1.54) is 18.0 Å². The minimum atomic E-state index is -0.171. The highest BCUT2D eigenvalue weighted by Gasteiger charge is 2.24. The molecule has 1 fully saturated rings. The lowest BCUT2D eigenvalue weighted by atomic mass is 10.1. The van der Waals surface area contributed by atoms with Crippen molar-refractivity contribution < 1.29 is 14.7 Å². The number of benzene rings is 2. The van der Waals surface area contributed by atoms with Crippen LogP contribution in [0.5, 0.6) is 5.75 Å². The van der Waals surface area contributed by atoms with E-state index in [0.29, 0.717) is 49.5 Å². The Hall–Kier alpha value is -4.11. The van der Waals surface area contributed by atoms with E-state index in [0.717, 1.165) is 15.8 Å². The zero-order valence-corrected chi connectivity index (χ0v) is 20.3. The normalized spacial score (nSPS) is 13.9. The number of nitrogens with one attached hydrogen (secondary N) is 1. The SMILES string of the molecule is O=C(c1ccc(NSc2cccc3cccnc23)c(O)c1)N1CCCN(C(=O)c2ccccn2)CC1. The Kier molecular flexibility index (Phi) is 6.99. The quantitative estimate of drug-likeness (QED) is 0.309. The third-order valence-electron chi connectivity index (χ3n) is 6.07. The maximum absolute atomic E-state index is 13.2. The van der Waals surface area contributed by atoms with E-state index in [9.17, 15) is 14.7 Å². The van der Waals surface area contributed by atoms with Crippen molar-refractivity contribution in [1.82, 2.24) is 19.8 Å². The van der Waals surface area contributed by atoms with E-state index in [1.807, 2.05) is 30.3 Å². The average molecular weight is 500 g/mol. The molecule has 2 amide bonds. The molecular formula is C27H25N5O3S. The Balaban J connectivity index is 1.23. The van der Waals surface area contributed by atoms with Crippen LogP contribution in [0.1, 0.15) is 27.3 Å². The first-order valence-corrected chi connectivity index (χ1v) is 12.5. The molecule has 3 heterocycles. The summed E-state index contributed by atoms with van der Waals surface area (Å²) in [6.07, 6.45) is 4.02.